The number of anilines is 1. The molecule has 1 aromatic rings. The van der Waals surface area contributed by atoms with E-state index in [0.717, 1.165) is 23.3 Å². The maximum absolute atomic E-state index is 13.0. The van der Waals surface area contributed by atoms with E-state index in [0.29, 0.717) is 11.8 Å². The van der Waals surface area contributed by atoms with Gasteiger partial charge in [0.2, 0.25) is 0 Å². The van der Waals surface area contributed by atoms with E-state index < -0.39 is 11.7 Å². The van der Waals surface area contributed by atoms with Crippen molar-refractivity contribution in [2.75, 3.05) is 29.1 Å². The maximum Gasteiger partial charge on any atom is 0.418 e. The van der Waals surface area contributed by atoms with Gasteiger partial charge in [0.05, 0.1) is 17.2 Å². The van der Waals surface area contributed by atoms with Crippen LogP contribution in [0.5, 0.6) is 0 Å². The van der Waals surface area contributed by atoms with Crippen LogP contribution in [0.2, 0.25) is 0 Å². The van der Waals surface area contributed by atoms with E-state index in [-0.39, 0.29) is 11.3 Å². The quantitative estimate of drug-likeness (QED) is 0.918. The molecule has 1 heterocycles. The average Bonchev–Trinajstić information content (AvgIpc) is 2.45. The standard InChI is InChI=1S/C13H13F3N2S2/c14-13(15,16)11-5-9(6-17)1-2-12(11)18-7-10-8-19-3-4-20-10/h1-2,5,10,18H,3-4,7-8H2. The van der Waals surface area contributed by atoms with Gasteiger partial charge in [-0.2, -0.15) is 42.0 Å². The Balaban J connectivity index is 2.12. The number of halogens is 3. The Morgan fingerprint density at radius 3 is 2.75 bits per heavy atom. The highest BCUT2D eigenvalue weighted by Gasteiger charge is 2.34. The lowest BCUT2D eigenvalue weighted by atomic mass is 10.1. The number of hydrogen-bond donors (Lipinski definition) is 1. The predicted molar refractivity (Wildman–Crippen MR) is 78.2 cm³/mol. The molecular formula is C13H13F3N2S2. The summed E-state index contributed by atoms with van der Waals surface area (Å²) in [6.45, 7) is 0.507. The van der Waals surface area contributed by atoms with Crippen molar-refractivity contribution in [2.45, 2.75) is 11.4 Å². The van der Waals surface area contributed by atoms with Crippen molar-refractivity contribution < 1.29 is 13.2 Å². The summed E-state index contributed by atoms with van der Waals surface area (Å²) in [7, 11) is 0. The van der Waals surface area contributed by atoms with Gasteiger partial charge < -0.3 is 5.32 Å². The second-order valence-electron chi connectivity index (χ2n) is 4.32. The summed E-state index contributed by atoms with van der Waals surface area (Å²) in [5.74, 6) is 3.09. The van der Waals surface area contributed by atoms with Crippen LogP contribution < -0.4 is 5.32 Å². The molecule has 2 nitrogen and oxygen atoms in total. The van der Waals surface area contributed by atoms with Gasteiger partial charge in [-0.25, -0.2) is 0 Å². The van der Waals surface area contributed by atoms with Crippen molar-refractivity contribution in [3.63, 3.8) is 0 Å². The molecule has 1 aromatic carbocycles. The molecule has 20 heavy (non-hydrogen) atoms. The number of hydrogen-bond acceptors (Lipinski definition) is 4. The highest BCUT2D eigenvalue weighted by atomic mass is 32.2. The van der Waals surface area contributed by atoms with Gasteiger partial charge in [-0.05, 0) is 18.2 Å². The SMILES string of the molecule is N#Cc1ccc(NCC2CSCCS2)c(C(F)(F)F)c1. The van der Waals surface area contributed by atoms with Gasteiger partial charge in [0, 0.05) is 34.7 Å². The van der Waals surface area contributed by atoms with E-state index in [4.69, 9.17) is 5.26 Å². The summed E-state index contributed by atoms with van der Waals surface area (Å²) in [5.41, 5.74) is -0.705. The van der Waals surface area contributed by atoms with E-state index in [1.165, 1.54) is 12.1 Å². The van der Waals surface area contributed by atoms with Crippen LogP contribution >= 0.6 is 23.5 Å². The van der Waals surface area contributed by atoms with Crippen LogP contribution in [-0.2, 0) is 6.18 Å². The molecule has 1 N–H and O–H groups in total. The zero-order valence-electron chi connectivity index (χ0n) is 10.5. The Bertz CT molecular complexity index is 505. The molecule has 0 aromatic heterocycles. The largest absolute Gasteiger partial charge is 0.418 e. The third kappa shape index (κ3) is 4.00. The number of benzene rings is 1. The van der Waals surface area contributed by atoms with Crippen LogP contribution in [-0.4, -0.2) is 29.1 Å². The van der Waals surface area contributed by atoms with Crippen LogP contribution in [0.4, 0.5) is 18.9 Å². The highest BCUT2D eigenvalue weighted by molar-refractivity contribution is 8.06. The molecule has 0 bridgehead atoms. The molecule has 1 atom stereocenters. The van der Waals surface area contributed by atoms with E-state index in [1.54, 1.807) is 17.8 Å². The summed E-state index contributed by atoms with van der Waals surface area (Å²) in [4.78, 5) is 0. The highest BCUT2D eigenvalue weighted by Crippen LogP contribution is 2.36. The molecule has 1 fully saturated rings. The number of thioether (sulfide) groups is 2. The lowest BCUT2D eigenvalue weighted by molar-refractivity contribution is -0.137. The molecule has 0 radical (unpaired) electrons. The minimum atomic E-state index is -4.45. The van der Waals surface area contributed by atoms with Crippen molar-refractivity contribution in [3.8, 4) is 6.07 Å². The fourth-order valence-electron chi connectivity index (χ4n) is 1.88. The summed E-state index contributed by atoms with van der Waals surface area (Å²) in [6.07, 6.45) is -4.45. The predicted octanol–water partition coefficient (Wildman–Crippen LogP) is 3.84. The Labute approximate surface area is 124 Å². The smallest absolute Gasteiger partial charge is 0.383 e. The van der Waals surface area contributed by atoms with Crippen molar-refractivity contribution in [3.05, 3.63) is 29.3 Å². The number of nitrogens with one attached hydrogen (secondary N) is 1. The molecule has 1 saturated heterocycles. The molecule has 1 aliphatic rings. The van der Waals surface area contributed by atoms with E-state index >= 15 is 0 Å². The Hall–Kier alpha value is -1.00. The summed E-state index contributed by atoms with van der Waals surface area (Å²) >= 11 is 3.61. The van der Waals surface area contributed by atoms with Crippen LogP contribution in [0.3, 0.4) is 0 Å². The molecule has 1 aliphatic heterocycles. The minimum Gasteiger partial charge on any atom is -0.383 e. The van der Waals surface area contributed by atoms with Crippen LogP contribution in [0.15, 0.2) is 18.2 Å². The molecule has 1 unspecified atom stereocenters. The lowest BCUT2D eigenvalue weighted by Crippen LogP contribution is -2.24. The first kappa shape index (κ1) is 15.4. The zero-order chi connectivity index (χ0) is 14.6. The lowest BCUT2D eigenvalue weighted by Gasteiger charge is -2.23. The van der Waals surface area contributed by atoms with Gasteiger partial charge in [-0.1, -0.05) is 0 Å². The first-order valence-corrected chi connectivity index (χ1v) is 8.25. The Kier molecular flexibility index (Phi) is 5.11. The molecule has 0 saturated carbocycles. The van der Waals surface area contributed by atoms with E-state index in [2.05, 4.69) is 5.32 Å². The molecule has 0 aliphatic carbocycles. The summed E-state index contributed by atoms with van der Waals surface area (Å²) in [6, 6.07) is 5.37. The van der Waals surface area contributed by atoms with E-state index in [9.17, 15) is 13.2 Å². The minimum absolute atomic E-state index is 0.0190. The van der Waals surface area contributed by atoms with Crippen LogP contribution in [0.25, 0.3) is 0 Å². The molecule has 0 amide bonds. The summed E-state index contributed by atoms with van der Waals surface area (Å²) in [5, 5.41) is 11.9. The topological polar surface area (TPSA) is 35.8 Å². The number of nitriles is 1. The monoisotopic (exact) mass is 318 g/mol. The number of alkyl halides is 3. The van der Waals surface area contributed by atoms with Crippen molar-refractivity contribution in [1.82, 2.24) is 0 Å². The van der Waals surface area contributed by atoms with Gasteiger partial charge >= 0.3 is 6.18 Å². The molecule has 7 heteroatoms. The van der Waals surface area contributed by atoms with E-state index in [1.807, 2.05) is 11.8 Å². The maximum atomic E-state index is 13.0. The second kappa shape index (κ2) is 6.64. The molecule has 2 rings (SSSR count). The van der Waals surface area contributed by atoms with Crippen molar-refractivity contribution in [1.29, 1.82) is 5.26 Å². The molecule has 108 valence electrons. The Morgan fingerprint density at radius 1 is 1.35 bits per heavy atom. The van der Waals surface area contributed by atoms with Gasteiger partial charge in [0.25, 0.3) is 0 Å². The zero-order valence-corrected chi connectivity index (χ0v) is 12.2. The first-order valence-electron chi connectivity index (χ1n) is 6.05. The Morgan fingerprint density at radius 2 is 2.15 bits per heavy atom. The van der Waals surface area contributed by atoms with Crippen molar-refractivity contribution >= 4 is 29.2 Å². The van der Waals surface area contributed by atoms with Crippen LogP contribution in [0, 0.1) is 11.3 Å². The van der Waals surface area contributed by atoms with Crippen LogP contribution in [0.1, 0.15) is 11.1 Å². The van der Waals surface area contributed by atoms with Gasteiger partial charge in [-0.3, -0.25) is 0 Å². The fraction of sp³-hybridized carbons (Fsp3) is 0.462. The second-order valence-corrected chi connectivity index (χ2v) is 6.88. The first-order chi connectivity index (χ1) is 9.50. The number of rotatable bonds is 3. The van der Waals surface area contributed by atoms with Gasteiger partial charge in [-0.15, -0.1) is 0 Å². The average molecular weight is 318 g/mol. The normalized spacial score (nSPS) is 19.4. The third-order valence-electron chi connectivity index (χ3n) is 2.86. The van der Waals surface area contributed by atoms with Crippen molar-refractivity contribution in [2.24, 2.45) is 0 Å². The molecule has 0 spiro atoms. The molecular weight excluding hydrogens is 305 g/mol. The van der Waals surface area contributed by atoms with Gasteiger partial charge in [0.1, 0.15) is 0 Å². The summed E-state index contributed by atoms with van der Waals surface area (Å²) < 4.78 is 38.9. The fourth-order valence-corrected chi connectivity index (χ4v) is 4.49. The third-order valence-corrected chi connectivity index (χ3v) is 5.70. The van der Waals surface area contributed by atoms with Gasteiger partial charge in [0.15, 0.2) is 0 Å². The number of nitrogens with zero attached hydrogens (tertiary/aromatic N) is 1.